The van der Waals surface area contributed by atoms with Crippen LogP contribution in [0, 0.1) is 0 Å². The monoisotopic (exact) mass is 186 g/mol. The zero-order valence-corrected chi connectivity index (χ0v) is 8.30. The van der Waals surface area contributed by atoms with Crippen LogP contribution in [0.3, 0.4) is 0 Å². The number of nitrogens with zero attached hydrogens (tertiary/aromatic N) is 2. The summed E-state index contributed by atoms with van der Waals surface area (Å²) in [4.78, 5) is 0. The maximum atomic E-state index is 2.16. The van der Waals surface area contributed by atoms with Gasteiger partial charge in [0.05, 0.1) is 0 Å². The molecule has 70 valence electrons. The SMILES string of the molecule is C[n+]1ccc(C[n+]2ccccc2)cc1. The van der Waals surface area contributed by atoms with Gasteiger partial charge in [0, 0.05) is 29.8 Å². The van der Waals surface area contributed by atoms with Crippen molar-refractivity contribution in [3.8, 4) is 0 Å². The van der Waals surface area contributed by atoms with Crippen LogP contribution >= 0.6 is 0 Å². The molecular weight excluding hydrogens is 172 g/mol. The van der Waals surface area contributed by atoms with Crippen LogP contribution in [-0.2, 0) is 13.6 Å². The first-order valence-electron chi connectivity index (χ1n) is 4.73. The van der Waals surface area contributed by atoms with E-state index in [9.17, 15) is 0 Å². The standard InChI is InChI=1S/C12H14N2/c1-13-9-5-12(6-10-13)11-14-7-3-2-4-8-14/h2-10H,11H2,1H3/q+2. The molecule has 2 aromatic heterocycles. The van der Waals surface area contributed by atoms with E-state index in [0.29, 0.717) is 0 Å². The van der Waals surface area contributed by atoms with E-state index in [1.165, 1.54) is 5.56 Å². The molecule has 0 saturated heterocycles. The normalized spacial score (nSPS) is 10.1. The second kappa shape index (κ2) is 4.01. The Morgan fingerprint density at radius 1 is 0.929 bits per heavy atom. The molecule has 2 aromatic rings. The van der Waals surface area contributed by atoms with Crippen LogP contribution in [0.2, 0.25) is 0 Å². The van der Waals surface area contributed by atoms with Gasteiger partial charge in [-0.3, -0.25) is 0 Å². The Kier molecular flexibility index (Phi) is 2.54. The van der Waals surface area contributed by atoms with Crippen molar-refractivity contribution in [2.75, 3.05) is 0 Å². The van der Waals surface area contributed by atoms with Crippen molar-refractivity contribution in [3.05, 3.63) is 60.7 Å². The molecule has 0 unspecified atom stereocenters. The first kappa shape index (κ1) is 8.88. The minimum Gasteiger partial charge on any atom is -0.208 e. The number of aryl methyl sites for hydroxylation is 1. The highest BCUT2D eigenvalue weighted by atomic mass is 14.9. The lowest BCUT2D eigenvalue weighted by atomic mass is 10.2. The summed E-state index contributed by atoms with van der Waals surface area (Å²) in [6, 6.07) is 10.4. The maximum absolute atomic E-state index is 2.16. The van der Waals surface area contributed by atoms with Crippen LogP contribution in [0.4, 0.5) is 0 Å². The molecule has 0 atom stereocenters. The zero-order valence-electron chi connectivity index (χ0n) is 8.30. The Balaban J connectivity index is 2.16. The third-order valence-electron chi connectivity index (χ3n) is 2.19. The van der Waals surface area contributed by atoms with Gasteiger partial charge in [-0.1, -0.05) is 6.07 Å². The second-order valence-corrected chi connectivity index (χ2v) is 3.42. The molecule has 2 rings (SSSR count). The number of hydrogen-bond acceptors (Lipinski definition) is 0. The van der Waals surface area contributed by atoms with E-state index in [4.69, 9.17) is 0 Å². The summed E-state index contributed by atoms with van der Waals surface area (Å²) in [7, 11) is 2.03. The molecule has 0 saturated carbocycles. The lowest BCUT2D eigenvalue weighted by molar-refractivity contribution is -0.689. The highest BCUT2D eigenvalue weighted by Crippen LogP contribution is 1.93. The summed E-state index contributed by atoms with van der Waals surface area (Å²) in [5, 5.41) is 0. The Morgan fingerprint density at radius 3 is 2.21 bits per heavy atom. The van der Waals surface area contributed by atoms with Crippen LogP contribution in [-0.4, -0.2) is 0 Å². The van der Waals surface area contributed by atoms with Gasteiger partial charge < -0.3 is 0 Å². The van der Waals surface area contributed by atoms with Crippen molar-refractivity contribution >= 4 is 0 Å². The summed E-state index contributed by atoms with van der Waals surface area (Å²) in [6.45, 7) is 0.932. The largest absolute Gasteiger partial charge is 0.208 e. The number of aromatic nitrogens is 2. The summed E-state index contributed by atoms with van der Waals surface area (Å²) in [5.74, 6) is 0. The third kappa shape index (κ3) is 2.16. The number of rotatable bonds is 2. The highest BCUT2D eigenvalue weighted by Gasteiger charge is 2.01. The predicted octanol–water partition coefficient (Wildman–Crippen LogP) is 0.847. The van der Waals surface area contributed by atoms with Crippen molar-refractivity contribution in [1.29, 1.82) is 0 Å². The van der Waals surface area contributed by atoms with Gasteiger partial charge in [-0.05, 0) is 0 Å². The minimum absolute atomic E-state index is 0.932. The van der Waals surface area contributed by atoms with Crippen LogP contribution in [0.15, 0.2) is 55.1 Å². The fourth-order valence-corrected chi connectivity index (χ4v) is 1.39. The van der Waals surface area contributed by atoms with Gasteiger partial charge in [-0.2, -0.15) is 0 Å². The fourth-order valence-electron chi connectivity index (χ4n) is 1.39. The van der Waals surface area contributed by atoms with Gasteiger partial charge in [0.2, 0.25) is 0 Å². The highest BCUT2D eigenvalue weighted by molar-refractivity contribution is 5.05. The Morgan fingerprint density at radius 2 is 1.57 bits per heavy atom. The molecule has 0 amide bonds. The summed E-state index contributed by atoms with van der Waals surface area (Å²) < 4.78 is 4.20. The summed E-state index contributed by atoms with van der Waals surface area (Å²) in [5.41, 5.74) is 1.32. The smallest absolute Gasteiger partial charge is 0.174 e. The minimum atomic E-state index is 0.932. The van der Waals surface area contributed by atoms with Crippen molar-refractivity contribution < 1.29 is 9.13 Å². The molecular formula is C12H14N2+2. The topological polar surface area (TPSA) is 7.76 Å². The first-order chi connectivity index (χ1) is 6.84. The van der Waals surface area contributed by atoms with Gasteiger partial charge in [0.25, 0.3) is 0 Å². The van der Waals surface area contributed by atoms with E-state index >= 15 is 0 Å². The van der Waals surface area contributed by atoms with E-state index in [0.717, 1.165) is 6.54 Å². The molecule has 0 aromatic carbocycles. The van der Waals surface area contributed by atoms with Gasteiger partial charge in [-0.15, -0.1) is 0 Å². The van der Waals surface area contributed by atoms with Crippen molar-refractivity contribution in [1.82, 2.24) is 0 Å². The molecule has 0 aliphatic carbocycles. The molecule has 0 bridgehead atoms. The van der Waals surface area contributed by atoms with Gasteiger partial charge >= 0.3 is 0 Å². The summed E-state index contributed by atoms with van der Waals surface area (Å²) >= 11 is 0. The molecule has 0 aliphatic heterocycles. The molecule has 2 nitrogen and oxygen atoms in total. The quantitative estimate of drug-likeness (QED) is 0.614. The lowest BCUT2D eigenvalue weighted by Gasteiger charge is -1.95. The van der Waals surface area contributed by atoms with Crippen LogP contribution in [0.25, 0.3) is 0 Å². The Hall–Kier alpha value is -1.70. The molecule has 2 heteroatoms. The van der Waals surface area contributed by atoms with E-state index < -0.39 is 0 Å². The fraction of sp³-hybridized carbons (Fsp3) is 0.167. The van der Waals surface area contributed by atoms with E-state index in [1.54, 1.807) is 0 Å². The lowest BCUT2D eigenvalue weighted by Crippen LogP contribution is -2.33. The molecule has 0 N–H and O–H groups in total. The molecule has 0 aliphatic rings. The van der Waals surface area contributed by atoms with Gasteiger partial charge in [0.15, 0.2) is 31.3 Å². The van der Waals surface area contributed by atoms with Crippen LogP contribution < -0.4 is 9.13 Å². The van der Waals surface area contributed by atoms with E-state index in [1.807, 2.05) is 29.8 Å². The average Bonchev–Trinajstić information content (AvgIpc) is 2.23. The number of hydrogen-bond donors (Lipinski definition) is 0. The zero-order chi connectivity index (χ0) is 9.80. The Bertz CT molecular complexity index is 392. The molecule has 0 radical (unpaired) electrons. The first-order valence-corrected chi connectivity index (χ1v) is 4.73. The van der Waals surface area contributed by atoms with Crippen LogP contribution in [0.1, 0.15) is 5.56 Å². The maximum Gasteiger partial charge on any atom is 0.174 e. The second-order valence-electron chi connectivity index (χ2n) is 3.42. The van der Waals surface area contributed by atoms with E-state index in [2.05, 4.69) is 41.5 Å². The van der Waals surface area contributed by atoms with Crippen molar-refractivity contribution in [2.45, 2.75) is 6.54 Å². The Labute approximate surface area is 84.1 Å². The van der Waals surface area contributed by atoms with Crippen LogP contribution in [0.5, 0.6) is 0 Å². The van der Waals surface area contributed by atoms with Gasteiger partial charge in [-0.25, -0.2) is 9.13 Å². The van der Waals surface area contributed by atoms with Crippen molar-refractivity contribution in [2.24, 2.45) is 7.05 Å². The van der Waals surface area contributed by atoms with Crippen molar-refractivity contribution in [3.63, 3.8) is 0 Å². The third-order valence-corrected chi connectivity index (χ3v) is 2.19. The predicted molar refractivity (Wildman–Crippen MR) is 53.4 cm³/mol. The average molecular weight is 186 g/mol. The summed E-state index contributed by atoms with van der Waals surface area (Å²) in [6.07, 6.45) is 8.29. The molecule has 0 fully saturated rings. The molecule has 2 heterocycles. The molecule has 14 heavy (non-hydrogen) atoms. The number of pyridine rings is 2. The van der Waals surface area contributed by atoms with Gasteiger partial charge in [0.1, 0.15) is 7.05 Å². The molecule has 0 spiro atoms. The van der Waals surface area contributed by atoms with E-state index in [-0.39, 0.29) is 0 Å².